The second-order valence-corrected chi connectivity index (χ2v) is 6.92. The minimum absolute atomic E-state index is 0.0204. The van der Waals surface area contributed by atoms with Crippen molar-refractivity contribution in [2.45, 2.75) is 0 Å². The Bertz CT molecular complexity index is 1340. The van der Waals surface area contributed by atoms with Crippen LogP contribution in [0.3, 0.4) is 0 Å². The summed E-state index contributed by atoms with van der Waals surface area (Å²) >= 11 is 0. The molecule has 176 valence electrons. The number of carbonyl (C=O) groups excluding carboxylic acids is 2. The van der Waals surface area contributed by atoms with Gasteiger partial charge in [-0.05, 0) is 42.5 Å². The zero-order valence-electron chi connectivity index (χ0n) is 18.7. The fourth-order valence-corrected chi connectivity index (χ4v) is 2.98. The maximum absolute atomic E-state index is 12.8. The summed E-state index contributed by atoms with van der Waals surface area (Å²) in [6.07, 6.45) is 1.25. The number of rotatable bonds is 8. The predicted molar refractivity (Wildman–Crippen MR) is 126 cm³/mol. The van der Waals surface area contributed by atoms with E-state index < -0.39 is 16.8 Å². The molecule has 0 saturated carbocycles. The van der Waals surface area contributed by atoms with Crippen LogP contribution in [0.25, 0.3) is 6.08 Å². The number of benzene rings is 3. The lowest BCUT2D eigenvalue weighted by atomic mass is 10.1. The van der Waals surface area contributed by atoms with Crippen LogP contribution in [0.4, 0.5) is 11.4 Å². The first-order valence-corrected chi connectivity index (χ1v) is 10.1. The summed E-state index contributed by atoms with van der Waals surface area (Å²) in [4.78, 5) is 35.8. The molecule has 0 radical (unpaired) electrons. The van der Waals surface area contributed by atoms with Crippen molar-refractivity contribution < 1.29 is 28.7 Å². The van der Waals surface area contributed by atoms with Gasteiger partial charge in [0.2, 0.25) is 0 Å². The number of ether oxygens (including phenoxy) is 3. The van der Waals surface area contributed by atoms with Gasteiger partial charge in [-0.1, -0.05) is 18.2 Å². The van der Waals surface area contributed by atoms with E-state index in [9.17, 15) is 25.0 Å². The molecule has 0 saturated heterocycles. The molecule has 0 atom stereocenters. The number of nitrogens with one attached hydrogen (secondary N) is 1. The van der Waals surface area contributed by atoms with Gasteiger partial charge in [0.1, 0.15) is 28.9 Å². The number of nitrogens with zero attached hydrogens (tertiary/aromatic N) is 2. The molecule has 35 heavy (non-hydrogen) atoms. The number of para-hydroxylation sites is 1. The maximum Gasteiger partial charge on any atom is 0.343 e. The highest BCUT2D eigenvalue weighted by Gasteiger charge is 2.18. The lowest BCUT2D eigenvalue weighted by molar-refractivity contribution is -0.384. The molecule has 0 unspecified atom stereocenters. The van der Waals surface area contributed by atoms with Crippen LogP contribution in [0.1, 0.15) is 15.9 Å². The first-order chi connectivity index (χ1) is 16.9. The normalized spacial score (nSPS) is 10.6. The lowest BCUT2D eigenvalue weighted by Gasteiger charge is -2.10. The highest BCUT2D eigenvalue weighted by atomic mass is 16.6. The van der Waals surface area contributed by atoms with Crippen LogP contribution < -0.4 is 19.5 Å². The van der Waals surface area contributed by atoms with Crippen molar-refractivity contribution >= 4 is 29.3 Å². The average Bonchev–Trinajstić information content (AvgIpc) is 2.87. The number of amides is 1. The first kappa shape index (κ1) is 24.5. The van der Waals surface area contributed by atoms with Gasteiger partial charge in [-0.2, -0.15) is 5.26 Å². The molecule has 10 heteroatoms. The standard InChI is InChI=1S/C25H19N3O7/c1-33-20-10-7-16(8-11-20)25(30)35-22-6-4-3-5-17(22)13-18(15-26)24(29)27-21-14-19(28(31)32)9-12-23(21)34-2/h3-14H,1-2H3,(H,27,29)/b18-13+. The van der Waals surface area contributed by atoms with E-state index in [4.69, 9.17) is 14.2 Å². The maximum atomic E-state index is 12.8. The fourth-order valence-electron chi connectivity index (χ4n) is 2.98. The van der Waals surface area contributed by atoms with Crippen molar-refractivity contribution in [2.75, 3.05) is 19.5 Å². The third kappa shape index (κ3) is 6.00. The number of hydrogen-bond acceptors (Lipinski definition) is 8. The Labute approximate surface area is 200 Å². The predicted octanol–water partition coefficient (Wildman–Crippen LogP) is 4.38. The summed E-state index contributed by atoms with van der Waals surface area (Å²) in [6, 6.07) is 18.1. The second kappa shape index (κ2) is 11.1. The van der Waals surface area contributed by atoms with Gasteiger partial charge in [0.15, 0.2) is 0 Å². The number of anilines is 1. The smallest absolute Gasteiger partial charge is 0.343 e. The second-order valence-electron chi connectivity index (χ2n) is 6.92. The minimum atomic E-state index is -0.831. The quantitative estimate of drug-likeness (QED) is 0.127. The van der Waals surface area contributed by atoms with Crippen LogP contribution in [0, 0.1) is 21.4 Å². The first-order valence-electron chi connectivity index (χ1n) is 10.1. The molecule has 0 aromatic heterocycles. The monoisotopic (exact) mass is 473 g/mol. The largest absolute Gasteiger partial charge is 0.497 e. The van der Waals surface area contributed by atoms with Crippen molar-refractivity contribution in [1.82, 2.24) is 0 Å². The Morgan fingerprint density at radius 3 is 2.34 bits per heavy atom. The summed E-state index contributed by atoms with van der Waals surface area (Å²) in [5.41, 5.74) is 0.00520. The van der Waals surface area contributed by atoms with Gasteiger partial charge in [0.25, 0.3) is 11.6 Å². The summed E-state index contributed by atoms with van der Waals surface area (Å²) in [6.45, 7) is 0. The van der Waals surface area contributed by atoms with E-state index in [0.29, 0.717) is 11.3 Å². The third-order valence-corrected chi connectivity index (χ3v) is 4.75. The Morgan fingerprint density at radius 2 is 1.71 bits per heavy atom. The van der Waals surface area contributed by atoms with E-state index in [1.54, 1.807) is 48.5 Å². The summed E-state index contributed by atoms with van der Waals surface area (Å²) in [5.74, 6) is -0.591. The highest BCUT2D eigenvalue weighted by Crippen LogP contribution is 2.30. The molecule has 10 nitrogen and oxygen atoms in total. The number of esters is 1. The van der Waals surface area contributed by atoms with Gasteiger partial charge >= 0.3 is 5.97 Å². The van der Waals surface area contributed by atoms with Gasteiger partial charge in [-0.15, -0.1) is 0 Å². The fraction of sp³-hybridized carbons (Fsp3) is 0.0800. The molecule has 0 aliphatic heterocycles. The van der Waals surface area contributed by atoms with Gasteiger partial charge in [0, 0.05) is 17.7 Å². The number of nitriles is 1. The molecule has 1 N–H and O–H groups in total. The van der Waals surface area contributed by atoms with Gasteiger partial charge in [0.05, 0.1) is 30.4 Å². The van der Waals surface area contributed by atoms with Crippen molar-refractivity contribution in [3.05, 3.63) is 93.5 Å². The topological polar surface area (TPSA) is 141 Å². The molecule has 3 rings (SSSR count). The van der Waals surface area contributed by atoms with E-state index in [1.165, 1.54) is 38.5 Å². The molecule has 1 amide bonds. The average molecular weight is 473 g/mol. The Morgan fingerprint density at radius 1 is 1.00 bits per heavy atom. The summed E-state index contributed by atoms with van der Waals surface area (Å²) < 4.78 is 15.7. The number of carbonyl (C=O) groups is 2. The van der Waals surface area contributed by atoms with Crippen LogP contribution in [0.2, 0.25) is 0 Å². The molecule has 0 aliphatic rings. The SMILES string of the molecule is COc1ccc(C(=O)Oc2ccccc2/C=C(\C#N)C(=O)Nc2cc([N+](=O)[O-])ccc2OC)cc1. The van der Waals surface area contributed by atoms with Gasteiger partial charge in [-0.3, -0.25) is 14.9 Å². The molecule has 0 spiro atoms. The van der Waals surface area contributed by atoms with Crippen LogP contribution >= 0.6 is 0 Å². The summed E-state index contributed by atoms with van der Waals surface area (Å²) in [5, 5.41) is 23.1. The van der Waals surface area contributed by atoms with Crippen LogP contribution in [0.5, 0.6) is 17.2 Å². The Balaban J connectivity index is 1.86. The van der Waals surface area contributed by atoms with E-state index in [-0.39, 0.29) is 34.0 Å². The van der Waals surface area contributed by atoms with Crippen LogP contribution in [0.15, 0.2) is 72.3 Å². The van der Waals surface area contributed by atoms with Crippen molar-refractivity contribution in [3.63, 3.8) is 0 Å². The summed E-state index contributed by atoms with van der Waals surface area (Å²) in [7, 11) is 2.85. The van der Waals surface area contributed by atoms with E-state index >= 15 is 0 Å². The molecule has 3 aromatic rings. The number of non-ortho nitro benzene ring substituents is 1. The van der Waals surface area contributed by atoms with Crippen LogP contribution in [-0.2, 0) is 4.79 Å². The molecular weight excluding hydrogens is 454 g/mol. The van der Waals surface area contributed by atoms with Gasteiger partial charge in [-0.25, -0.2) is 4.79 Å². The minimum Gasteiger partial charge on any atom is -0.497 e. The van der Waals surface area contributed by atoms with E-state index in [1.807, 2.05) is 0 Å². The zero-order valence-corrected chi connectivity index (χ0v) is 18.7. The number of nitro benzene ring substituents is 1. The molecule has 0 bridgehead atoms. The molecule has 0 fully saturated rings. The molecule has 3 aromatic carbocycles. The third-order valence-electron chi connectivity index (χ3n) is 4.75. The molecule has 0 heterocycles. The van der Waals surface area contributed by atoms with Crippen molar-refractivity contribution in [3.8, 4) is 23.3 Å². The molecule has 0 aliphatic carbocycles. The number of hydrogen-bond donors (Lipinski definition) is 1. The highest BCUT2D eigenvalue weighted by molar-refractivity contribution is 6.10. The Kier molecular flexibility index (Phi) is 7.77. The van der Waals surface area contributed by atoms with E-state index in [0.717, 1.165) is 6.07 Å². The van der Waals surface area contributed by atoms with Crippen LogP contribution in [-0.4, -0.2) is 31.0 Å². The number of methoxy groups -OCH3 is 2. The van der Waals surface area contributed by atoms with Crippen molar-refractivity contribution in [1.29, 1.82) is 5.26 Å². The van der Waals surface area contributed by atoms with E-state index in [2.05, 4.69) is 5.32 Å². The molecular formula is C25H19N3O7. The number of nitro groups is 1. The zero-order chi connectivity index (χ0) is 25.4. The Hall–Kier alpha value is -5.17. The van der Waals surface area contributed by atoms with Gasteiger partial charge < -0.3 is 19.5 Å². The van der Waals surface area contributed by atoms with Crippen molar-refractivity contribution in [2.24, 2.45) is 0 Å². The lowest BCUT2D eigenvalue weighted by Crippen LogP contribution is -2.14.